The van der Waals surface area contributed by atoms with Crippen LogP contribution in [0.25, 0.3) is 0 Å². The molecule has 0 radical (unpaired) electrons. The number of benzene rings is 1. The van der Waals surface area contributed by atoms with Crippen LogP contribution in [0.2, 0.25) is 0 Å². The number of hydrogen-bond donors (Lipinski definition) is 3. The van der Waals surface area contributed by atoms with Gasteiger partial charge in [0.15, 0.2) is 0 Å². The normalized spacial score (nSPS) is 12.9. The number of carbonyl (C=O) groups is 1. The summed E-state index contributed by atoms with van der Waals surface area (Å²) in [5, 5.41) is 2.51. The highest BCUT2D eigenvalue weighted by Gasteiger charge is 2.16. The average Bonchev–Trinajstić information content (AvgIpc) is 2.38. The second-order valence-corrected chi connectivity index (χ2v) is 5.92. The van der Waals surface area contributed by atoms with Gasteiger partial charge in [0, 0.05) is 13.1 Å². The molecular formula is C12H19N3O3S. The molecule has 1 atom stereocenters. The van der Waals surface area contributed by atoms with Crippen molar-refractivity contribution in [1.29, 1.82) is 0 Å². The highest BCUT2D eigenvalue weighted by molar-refractivity contribution is 7.89. The van der Waals surface area contributed by atoms with E-state index in [0.717, 1.165) is 0 Å². The maximum atomic E-state index is 11.7. The van der Waals surface area contributed by atoms with Gasteiger partial charge in [0.2, 0.25) is 15.9 Å². The van der Waals surface area contributed by atoms with E-state index >= 15 is 0 Å². The molecule has 1 amide bonds. The molecule has 0 bridgehead atoms. The number of nitrogens with one attached hydrogen (secondary N) is 2. The average molecular weight is 285 g/mol. The van der Waals surface area contributed by atoms with Crippen molar-refractivity contribution in [3.8, 4) is 0 Å². The lowest BCUT2D eigenvalue weighted by Gasteiger charge is -2.12. The van der Waals surface area contributed by atoms with Crippen molar-refractivity contribution >= 4 is 15.9 Å². The van der Waals surface area contributed by atoms with E-state index in [2.05, 4.69) is 10.0 Å². The number of carbonyl (C=O) groups excluding carboxylic acids is 1. The minimum absolute atomic E-state index is 0.0364. The topological polar surface area (TPSA) is 101 Å². The largest absolute Gasteiger partial charge is 0.353 e. The van der Waals surface area contributed by atoms with Crippen molar-refractivity contribution in [2.45, 2.75) is 13.0 Å². The summed E-state index contributed by atoms with van der Waals surface area (Å²) in [7, 11) is -3.32. The number of amides is 1. The summed E-state index contributed by atoms with van der Waals surface area (Å²) < 4.78 is 25.1. The van der Waals surface area contributed by atoms with E-state index in [1.807, 2.05) is 6.07 Å². The predicted octanol–water partition coefficient (Wildman–Crippen LogP) is -0.258. The van der Waals surface area contributed by atoms with Crippen LogP contribution >= 0.6 is 0 Å². The van der Waals surface area contributed by atoms with Gasteiger partial charge < -0.3 is 11.1 Å². The smallest absolute Gasteiger partial charge is 0.241 e. The molecule has 0 aliphatic carbocycles. The molecule has 7 heteroatoms. The van der Waals surface area contributed by atoms with Gasteiger partial charge in [0.1, 0.15) is 6.04 Å². The third kappa shape index (κ3) is 5.37. The zero-order chi connectivity index (χ0) is 14.3. The van der Waals surface area contributed by atoms with Gasteiger partial charge in [-0.3, -0.25) is 4.79 Å². The van der Waals surface area contributed by atoms with Gasteiger partial charge in [-0.1, -0.05) is 37.3 Å². The lowest BCUT2D eigenvalue weighted by Crippen LogP contribution is -2.38. The van der Waals surface area contributed by atoms with Gasteiger partial charge in [-0.25, -0.2) is 13.1 Å². The summed E-state index contributed by atoms with van der Waals surface area (Å²) in [6.45, 7) is 2.07. The van der Waals surface area contributed by atoms with E-state index in [9.17, 15) is 13.2 Å². The SMILES string of the molecule is CCNS(=O)(=O)CCNC(=O)[C@@H](N)c1ccccc1. The summed E-state index contributed by atoms with van der Waals surface area (Å²) in [6, 6.07) is 8.12. The van der Waals surface area contributed by atoms with Crippen LogP contribution in [0, 0.1) is 0 Å². The molecule has 4 N–H and O–H groups in total. The Morgan fingerprint density at radius 3 is 2.53 bits per heavy atom. The number of sulfonamides is 1. The van der Waals surface area contributed by atoms with Crippen LogP contribution in [0.1, 0.15) is 18.5 Å². The van der Waals surface area contributed by atoms with Crippen molar-refractivity contribution in [2.75, 3.05) is 18.8 Å². The summed E-state index contributed by atoms with van der Waals surface area (Å²) in [6.07, 6.45) is 0. The maximum absolute atomic E-state index is 11.7. The minimum atomic E-state index is -3.32. The molecule has 0 aromatic heterocycles. The van der Waals surface area contributed by atoms with E-state index < -0.39 is 22.0 Å². The Morgan fingerprint density at radius 1 is 1.32 bits per heavy atom. The van der Waals surface area contributed by atoms with E-state index in [1.54, 1.807) is 31.2 Å². The third-order valence-corrected chi connectivity index (χ3v) is 3.95. The quantitative estimate of drug-likeness (QED) is 0.642. The van der Waals surface area contributed by atoms with Crippen molar-refractivity contribution in [3.63, 3.8) is 0 Å². The molecule has 0 aliphatic heterocycles. The van der Waals surface area contributed by atoms with Gasteiger partial charge >= 0.3 is 0 Å². The summed E-state index contributed by atoms with van der Waals surface area (Å²) >= 11 is 0. The molecule has 0 unspecified atom stereocenters. The first-order valence-electron chi connectivity index (χ1n) is 6.02. The Morgan fingerprint density at radius 2 is 1.95 bits per heavy atom. The second-order valence-electron chi connectivity index (χ2n) is 4.00. The Labute approximate surface area is 113 Å². The third-order valence-electron chi connectivity index (χ3n) is 2.48. The van der Waals surface area contributed by atoms with Gasteiger partial charge in [0.05, 0.1) is 5.75 Å². The minimum Gasteiger partial charge on any atom is -0.353 e. The standard InChI is InChI=1S/C12H19N3O3S/c1-2-15-19(17,18)9-8-14-12(16)11(13)10-6-4-3-5-7-10/h3-7,11,15H,2,8-9,13H2,1H3,(H,14,16)/t11-/m0/s1. The van der Waals surface area contributed by atoms with Gasteiger partial charge in [0.25, 0.3) is 0 Å². The Balaban J connectivity index is 2.44. The summed E-state index contributed by atoms with van der Waals surface area (Å²) in [5.74, 6) is -0.549. The molecule has 0 saturated carbocycles. The molecule has 0 saturated heterocycles. The molecule has 1 aromatic rings. The van der Waals surface area contributed by atoms with Crippen molar-refractivity contribution in [2.24, 2.45) is 5.73 Å². The molecule has 0 aliphatic rings. The first kappa shape index (κ1) is 15.6. The van der Waals surface area contributed by atoms with Crippen LogP contribution in [-0.4, -0.2) is 33.2 Å². The summed E-state index contributed by atoms with van der Waals surface area (Å²) in [4.78, 5) is 11.7. The first-order chi connectivity index (χ1) is 8.96. The van der Waals surface area contributed by atoms with Crippen LogP contribution in [-0.2, 0) is 14.8 Å². The van der Waals surface area contributed by atoms with Crippen LogP contribution in [0.15, 0.2) is 30.3 Å². The van der Waals surface area contributed by atoms with E-state index in [1.165, 1.54) is 0 Å². The first-order valence-corrected chi connectivity index (χ1v) is 7.67. The van der Waals surface area contributed by atoms with Crippen molar-refractivity contribution in [1.82, 2.24) is 10.0 Å². The summed E-state index contributed by atoms with van der Waals surface area (Å²) in [5.41, 5.74) is 6.46. The second kappa shape index (κ2) is 7.22. The fourth-order valence-electron chi connectivity index (χ4n) is 1.52. The number of rotatable bonds is 7. The molecule has 0 spiro atoms. The zero-order valence-corrected chi connectivity index (χ0v) is 11.6. The number of nitrogens with two attached hydrogens (primary N) is 1. The van der Waals surface area contributed by atoms with Crippen molar-refractivity contribution < 1.29 is 13.2 Å². The highest BCUT2D eigenvalue weighted by atomic mass is 32.2. The molecule has 106 valence electrons. The monoisotopic (exact) mass is 285 g/mol. The Bertz CT molecular complexity index is 502. The van der Waals surface area contributed by atoms with E-state index in [0.29, 0.717) is 12.1 Å². The maximum Gasteiger partial charge on any atom is 0.241 e. The zero-order valence-electron chi connectivity index (χ0n) is 10.8. The molecular weight excluding hydrogens is 266 g/mol. The molecule has 1 aromatic carbocycles. The lowest BCUT2D eigenvalue weighted by molar-refractivity contribution is -0.122. The van der Waals surface area contributed by atoms with Crippen molar-refractivity contribution in [3.05, 3.63) is 35.9 Å². The van der Waals surface area contributed by atoms with Gasteiger partial charge in [-0.05, 0) is 5.56 Å². The molecule has 0 heterocycles. The van der Waals surface area contributed by atoms with E-state index in [4.69, 9.17) is 5.73 Å². The molecule has 19 heavy (non-hydrogen) atoms. The number of hydrogen-bond acceptors (Lipinski definition) is 4. The lowest BCUT2D eigenvalue weighted by atomic mass is 10.1. The fraction of sp³-hybridized carbons (Fsp3) is 0.417. The molecule has 1 rings (SSSR count). The van der Waals surface area contributed by atoms with Crippen LogP contribution in [0.4, 0.5) is 0 Å². The molecule has 6 nitrogen and oxygen atoms in total. The van der Waals surface area contributed by atoms with Gasteiger partial charge in [-0.2, -0.15) is 0 Å². The molecule has 0 fully saturated rings. The van der Waals surface area contributed by atoms with Crippen LogP contribution in [0.3, 0.4) is 0 Å². The fourth-order valence-corrected chi connectivity index (χ4v) is 2.48. The highest BCUT2D eigenvalue weighted by Crippen LogP contribution is 2.08. The predicted molar refractivity (Wildman–Crippen MR) is 73.8 cm³/mol. The Hall–Kier alpha value is -1.44. The van der Waals surface area contributed by atoms with Crippen LogP contribution in [0.5, 0.6) is 0 Å². The Kier molecular flexibility index (Phi) is 5.94. The van der Waals surface area contributed by atoms with Gasteiger partial charge in [-0.15, -0.1) is 0 Å². The van der Waals surface area contributed by atoms with Crippen LogP contribution < -0.4 is 15.8 Å². The van der Waals surface area contributed by atoms with E-state index in [-0.39, 0.29) is 12.3 Å².